The maximum absolute atomic E-state index is 12.3. The Morgan fingerprint density at radius 2 is 1.44 bits per heavy atom. The molecule has 0 aliphatic rings. The van der Waals surface area contributed by atoms with E-state index in [0.717, 1.165) is 3.57 Å². The number of aromatic nitrogens is 1. The minimum atomic E-state index is -0.233. The van der Waals surface area contributed by atoms with Crippen molar-refractivity contribution in [2.24, 2.45) is 0 Å². The number of carbonyl (C=O) groups excluding carboxylic acids is 2. The van der Waals surface area contributed by atoms with Gasteiger partial charge in [0.2, 0.25) is 0 Å². The van der Waals surface area contributed by atoms with E-state index in [9.17, 15) is 9.59 Å². The van der Waals surface area contributed by atoms with Crippen LogP contribution in [0.5, 0.6) is 0 Å². The molecule has 1 aromatic heterocycles. The number of benzene rings is 2. The Morgan fingerprint density at radius 3 is 2.04 bits per heavy atom. The summed E-state index contributed by atoms with van der Waals surface area (Å²) in [5.41, 5.74) is 2.40. The monoisotopic (exact) mass is 443 g/mol. The van der Waals surface area contributed by atoms with Crippen LogP contribution in [-0.4, -0.2) is 16.8 Å². The lowest BCUT2D eigenvalue weighted by Crippen LogP contribution is -2.14. The van der Waals surface area contributed by atoms with Crippen molar-refractivity contribution in [2.45, 2.75) is 0 Å². The molecule has 6 heteroatoms. The Labute approximate surface area is 158 Å². The Hall–Kier alpha value is -2.74. The molecule has 0 radical (unpaired) electrons. The summed E-state index contributed by atoms with van der Waals surface area (Å²) in [7, 11) is 0. The van der Waals surface area contributed by atoms with Gasteiger partial charge in [0.25, 0.3) is 11.8 Å². The maximum Gasteiger partial charge on any atom is 0.257 e. The van der Waals surface area contributed by atoms with E-state index in [4.69, 9.17) is 0 Å². The van der Waals surface area contributed by atoms with Gasteiger partial charge in [0, 0.05) is 27.3 Å². The topological polar surface area (TPSA) is 71.1 Å². The van der Waals surface area contributed by atoms with Crippen LogP contribution in [0.3, 0.4) is 0 Å². The molecule has 0 saturated carbocycles. The first kappa shape index (κ1) is 17.1. The minimum Gasteiger partial charge on any atom is -0.322 e. The number of hydrogen-bond acceptors (Lipinski definition) is 3. The summed E-state index contributed by atoms with van der Waals surface area (Å²) < 4.78 is 0.887. The molecule has 2 aromatic carbocycles. The lowest BCUT2D eigenvalue weighted by Gasteiger charge is -2.09. The number of nitrogens with one attached hydrogen (secondary N) is 2. The average molecular weight is 443 g/mol. The van der Waals surface area contributed by atoms with Gasteiger partial charge in [-0.2, -0.15) is 0 Å². The molecule has 0 atom stereocenters. The zero-order valence-electron chi connectivity index (χ0n) is 13.1. The summed E-state index contributed by atoms with van der Waals surface area (Å²) in [5, 5.41) is 5.63. The third-order valence-electron chi connectivity index (χ3n) is 3.44. The van der Waals surface area contributed by atoms with Crippen molar-refractivity contribution in [1.29, 1.82) is 0 Å². The van der Waals surface area contributed by atoms with E-state index in [1.807, 2.05) is 18.2 Å². The molecule has 2 amide bonds. The molecule has 0 fully saturated rings. The molecule has 124 valence electrons. The molecule has 25 heavy (non-hydrogen) atoms. The van der Waals surface area contributed by atoms with E-state index >= 15 is 0 Å². The Morgan fingerprint density at radius 1 is 0.800 bits per heavy atom. The number of nitrogens with zero attached hydrogens (tertiary/aromatic N) is 1. The quantitative estimate of drug-likeness (QED) is 0.595. The van der Waals surface area contributed by atoms with Gasteiger partial charge in [0.15, 0.2) is 0 Å². The number of pyridine rings is 1. The molecule has 0 saturated heterocycles. The molecule has 3 rings (SSSR count). The summed E-state index contributed by atoms with van der Waals surface area (Å²) >= 11 is 2.13. The molecule has 0 unspecified atom stereocenters. The lowest BCUT2D eigenvalue weighted by molar-refractivity contribution is 0.101. The van der Waals surface area contributed by atoms with Crippen LogP contribution in [0.25, 0.3) is 0 Å². The third-order valence-corrected chi connectivity index (χ3v) is 4.38. The van der Waals surface area contributed by atoms with Crippen molar-refractivity contribution in [1.82, 2.24) is 4.98 Å². The van der Waals surface area contributed by atoms with Crippen LogP contribution in [0, 0.1) is 3.57 Å². The van der Waals surface area contributed by atoms with Gasteiger partial charge in [0.05, 0.1) is 11.1 Å². The Balaban J connectivity index is 1.65. The zero-order valence-corrected chi connectivity index (χ0v) is 15.2. The summed E-state index contributed by atoms with van der Waals surface area (Å²) in [6.45, 7) is 0. The van der Waals surface area contributed by atoms with Crippen LogP contribution in [0.2, 0.25) is 0 Å². The highest BCUT2D eigenvalue weighted by molar-refractivity contribution is 14.1. The average Bonchev–Trinajstić information content (AvgIpc) is 2.64. The third kappa shape index (κ3) is 4.42. The van der Waals surface area contributed by atoms with Crippen LogP contribution in [0.15, 0.2) is 73.1 Å². The lowest BCUT2D eigenvalue weighted by atomic mass is 10.2. The summed E-state index contributed by atoms with van der Waals surface area (Å²) in [4.78, 5) is 28.3. The van der Waals surface area contributed by atoms with Gasteiger partial charge in [-0.1, -0.05) is 12.1 Å². The molecular formula is C19H14IN3O2. The summed E-state index contributed by atoms with van der Waals surface area (Å²) in [6.07, 6.45) is 3.12. The largest absolute Gasteiger partial charge is 0.322 e. The van der Waals surface area contributed by atoms with E-state index in [1.54, 1.807) is 48.7 Å². The van der Waals surface area contributed by atoms with Crippen LogP contribution in [0.1, 0.15) is 20.7 Å². The van der Waals surface area contributed by atoms with Crippen LogP contribution in [-0.2, 0) is 0 Å². The van der Waals surface area contributed by atoms with E-state index in [2.05, 4.69) is 38.2 Å². The fraction of sp³-hybridized carbons (Fsp3) is 0. The molecule has 0 aliphatic heterocycles. The fourth-order valence-electron chi connectivity index (χ4n) is 2.18. The molecule has 0 aliphatic carbocycles. The number of rotatable bonds is 4. The number of amides is 2. The van der Waals surface area contributed by atoms with Gasteiger partial charge in [-0.15, -0.1) is 0 Å². The Kier molecular flexibility index (Phi) is 5.39. The molecule has 0 bridgehead atoms. The van der Waals surface area contributed by atoms with Crippen molar-refractivity contribution in [3.8, 4) is 0 Å². The smallest absolute Gasteiger partial charge is 0.257 e. The van der Waals surface area contributed by atoms with Gasteiger partial charge in [-0.3, -0.25) is 14.6 Å². The minimum absolute atomic E-state index is 0.169. The second-order valence-corrected chi connectivity index (χ2v) is 6.37. The first-order valence-corrected chi connectivity index (χ1v) is 8.59. The molecular weight excluding hydrogens is 429 g/mol. The van der Waals surface area contributed by atoms with Crippen molar-refractivity contribution < 1.29 is 9.59 Å². The van der Waals surface area contributed by atoms with Crippen molar-refractivity contribution in [3.05, 3.63) is 87.8 Å². The highest BCUT2D eigenvalue weighted by atomic mass is 127. The number of anilines is 2. The normalized spacial score (nSPS) is 10.1. The second-order valence-electron chi connectivity index (χ2n) is 5.21. The second kappa shape index (κ2) is 7.89. The summed E-state index contributed by atoms with van der Waals surface area (Å²) in [5.74, 6) is -0.402. The van der Waals surface area contributed by atoms with Gasteiger partial charge in [-0.05, 0) is 71.1 Å². The van der Waals surface area contributed by atoms with Crippen LogP contribution in [0.4, 0.5) is 11.4 Å². The first-order valence-electron chi connectivity index (χ1n) is 7.51. The van der Waals surface area contributed by atoms with Gasteiger partial charge in [-0.25, -0.2) is 0 Å². The van der Waals surface area contributed by atoms with E-state index in [-0.39, 0.29) is 11.8 Å². The van der Waals surface area contributed by atoms with Crippen molar-refractivity contribution >= 4 is 45.8 Å². The van der Waals surface area contributed by atoms with Gasteiger partial charge >= 0.3 is 0 Å². The van der Waals surface area contributed by atoms with Gasteiger partial charge in [0.1, 0.15) is 0 Å². The predicted molar refractivity (Wildman–Crippen MR) is 106 cm³/mol. The van der Waals surface area contributed by atoms with Crippen molar-refractivity contribution in [3.63, 3.8) is 0 Å². The van der Waals surface area contributed by atoms with E-state index in [0.29, 0.717) is 22.5 Å². The molecule has 1 heterocycles. The number of carbonyl (C=O) groups is 2. The fourth-order valence-corrected chi connectivity index (χ4v) is 2.81. The molecule has 5 nitrogen and oxygen atoms in total. The highest BCUT2D eigenvalue weighted by Gasteiger charge is 2.10. The SMILES string of the molecule is O=C(Nc1ccc(NC(=O)c2ccccc2I)cc1)c1cccnc1. The standard InChI is InChI=1S/C19H14IN3O2/c20-17-6-2-1-5-16(17)19(25)23-15-9-7-14(8-10-15)22-18(24)13-4-3-11-21-12-13/h1-12H,(H,22,24)(H,23,25). The highest BCUT2D eigenvalue weighted by Crippen LogP contribution is 2.17. The molecule has 3 aromatic rings. The van der Waals surface area contributed by atoms with Crippen molar-refractivity contribution in [2.75, 3.05) is 10.6 Å². The molecule has 0 spiro atoms. The number of hydrogen-bond donors (Lipinski definition) is 2. The van der Waals surface area contributed by atoms with Crippen LogP contribution < -0.4 is 10.6 Å². The van der Waals surface area contributed by atoms with E-state index < -0.39 is 0 Å². The molecule has 2 N–H and O–H groups in total. The maximum atomic E-state index is 12.3. The first-order chi connectivity index (χ1) is 12.1. The Bertz CT molecular complexity index is 896. The van der Waals surface area contributed by atoms with Crippen LogP contribution >= 0.6 is 22.6 Å². The van der Waals surface area contributed by atoms with Gasteiger partial charge < -0.3 is 10.6 Å². The predicted octanol–water partition coefficient (Wildman–Crippen LogP) is 4.19. The summed E-state index contributed by atoms with van der Waals surface area (Å²) in [6, 6.07) is 17.7. The number of halogens is 1. The zero-order chi connectivity index (χ0) is 17.6. The van der Waals surface area contributed by atoms with E-state index in [1.165, 1.54) is 6.20 Å².